The molecule has 0 spiro atoms. The molecule has 0 saturated carbocycles. The third-order valence-corrected chi connectivity index (χ3v) is 2.82. The second-order valence-corrected chi connectivity index (χ2v) is 4.46. The van der Waals surface area contributed by atoms with Crippen LogP contribution in [0.5, 0.6) is 0 Å². The number of aliphatic carboxylic acids is 1. The van der Waals surface area contributed by atoms with Crippen LogP contribution in [0.3, 0.4) is 0 Å². The van der Waals surface area contributed by atoms with Crippen LogP contribution in [0.25, 0.3) is 0 Å². The predicted molar refractivity (Wildman–Crippen MR) is 69.2 cm³/mol. The molecule has 1 aromatic carbocycles. The van der Waals surface area contributed by atoms with Gasteiger partial charge in [-0.2, -0.15) is 0 Å². The van der Waals surface area contributed by atoms with Gasteiger partial charge in [0.25, 0.3) is 0 Å². The van der Waals surface area contributed by atoms with Crippen molar-refractivity contribution >= 4 is 23.3 Å². The van der Waals surface area contributed by atoms with Gasteiger partial charge in [0.15, 0.2) is 0 Å². The van der Waals surface area contributed by atoms with Crippen molar-refractivity contribution in [3.8, 4) is 0 Å². The number of carboxylic acid groups (broad SMARTS) is 1. The maximum absolute atomic E-state index is 10.9. The van der Waals surface area contributed by atoms with Gasteiger partial charge in [-0.3, -0.25) is 4.79 Å². The van der Waals surface area contributed by atoms with E-state index in [-0.39, 0.29) is 6.54 Å². The van der Waals surface area contributed by atoms with Crippen molar-refractivity contribution in [3.05, 3.63) is 40.7 Å². The molecule has 1 aromatic heterocycles. The number of carbonyl (C=O) groups is 1. The monoisotopic (exact) mass is 281 g/mol. The number of hydrogen-bond donors (Lipinski definition) is 1. The molecule has 0 aliphatic heterocycles. The Morgan fingerprint density at radius 3 is 2.84 bits per heavy atom. The molecule has 1 heterocycles. The average Bonchev–Trinajstić information content (AvgIpc) is 2.74. The summed E-state index contributed by atoms with van der Waals surface area (Å²) in [7, 11) is 0. The third-order valence-electron chi connectivity index (χ3n) is 2.59. The molecule has 0 amide bonds. The number of anilines is 1. The van der Waals surface area contributed by atoms with Crippen molar-refractivity contribution in [2.24, 2.45) is 0 Å². The van der Waals surface area contributed by atoms with E-state index >= 15 is 0 Å². The summed E-state index contributed by atoms with van der Waals surface area (Å²) in [6, 6.07) is 6.98. The number of hydrogen-bond acceptors (Lipinski definition) is 5. The molecular formula is C12H12ClN3O3. The highest BCUT2D eigenvalue weighted by Crippen LogP contribution is 2.21. The fourth-order valence-electron chi connectivity index (χ4n) is 1.65. The predicted octanol–water partition coefficient (Wildman–Crippen LogP) is 2.12. The first-order chi connectivity index (χ1) is 9.06. The minimum absolute atomic E-state index is 0.160. The lowest BCUT2D eigenvalue weighted by Gasteiger charge is -2.21. The van der Waals surface area contributed by atoms with Gasteiger partial charge in [-0.05, 0) is 25.1 Å². The second kappa shape index (κ2) is 5.71. The van der Waals surface area contributed by atoms with Crippen LogP contribution in [0.2, 0.25) is 5.02 Å². The molecule has 6 nitrogen and oxygen atoms in total. The maximum Gasteiger partial charge on any atom is 0.323 e. The lowest BCUT2D eigenvalue weighted by atomic mass is 10.2. The van der Waals surface area contributed by atoms with Crippen molar-refractivity contribution in [3.63, 3.8) is 0 Å². The number of carboxylic acids is 1. The number of benzene rings is 1. The van der Waals surface area contributed by atoms with E-state index in [0.29, 0.717) is 28.6 Å². The van der Waals surface area contributed by atoms with Crippen LogP contribution >= 0.6 is 11.6 Å². The van der Waals surface area contributed by atoms with Crippen LogP contribution in [0.15, 0.2) is 28.9 Å². The first-order valence-electron chi connectivity index (χ1n) is 5.56. The van der Waals surface area contributed by atoms with Crippen molar-refractivity contribution in [2.75, 3.05) is 11.4 Å². The zero-order chi connectivity index (χ0) is 13.8. The summed E-state index contributed by atoms with van der Waals surface area (Å²) in [6.07, 6.45) is 0. The Morgan fingerprint density at radius 2 is 2.26 bits per heavy atom. The van der Waals surface area contributed by atoms with Gasteiger partial charge in [-0.15, -0.1) is 0 Å². The summed E-state index contributed by atoms with van der Waals surface area (Å²) >= 11 is 5.92. The normalized spacial score (nSPS) is 10.4. The molecule has 0 bridgehead atoms. The topological polar surface area (TPSA) is 79.5 Å². The molecule has 0 radical (unpaired) electrons. The van der Waals surface area contributed by atoms with Crippen molar-refractivity contribution in [1.29, 1.82) is 0 Å². The Morgan fingerprint density at radius 1 is 1.47 bits per heavy atom. The van der Waals surface area contributed by atoms with Gasteiger partial charge in [0.2, 0.25) is 0 Å². The van der Waals surface area contributed by atoms with E-state index in [1.807, 2.05) is 0 Å². The highest BCUT2D eigenvalue weighted by molar-refractivity contribution is 6.30. The molecule has 0 aliphatic carbocycles. The van der Waals surface area contributed by atoms with Gasteiger partial charge in [-0.25, -0.2) is 4.63 Å². The average molecular weight is 282 g/mol. The molecular weight excluding hydrogens is 270 g/mol. The Balaban J connectivity index is 2.26. The Kier molecular flexibility index (Phi) is 4.01. The lowest BCUT2D eigenvalue weighted by molar-refractivity contribution is -0.135. The summed E-state index contributed by atoms with van der Waals surface area (Å²) in [5.41, 5.74) is 1.94. The van der Waals surface area contributed by atoms with Gasteiger partial charge in [0, 0.05) is 10.7 Å². The largest absolute Gasteiger partial charge is 0.480 e. The molecule has 2 rings (SSSR count). The van der Waals surface area contributed by atoms with E-state index in [4.69, 9.17) is 16.7 Å². The van der Waals surface area contributed by atoms with Crippen LogP contribution in [0.4, 0.5) is 5.69 Å². The first kappa shape index (κ1) is 13.4. The summed E-state index contributed by atoms with van der Waals surface area (Å²) in [6.45, 7) is 1.89. The molecule has 100 valence electrons. The number of aryl methyl sites for hydroxylation is 1. The van der Waals surface area contributed by atoms with Crippen molar-refractivity contribution < 1.29 is 14.5 Å². The van der Waals surface area contributed by atoms with Crippen molar-refractivity contribution in [2.45, 2.75) is 13.5 Å². The minimum Gasteiger partial charge on any atom is -0.480 e. The van der Waals surface area contributed by atoms with E-state index in [9.17, 15) is 4.79 Å². The van der Waals surface area contributed by atoms with Gasteiger partial charge in [0.1, 0.15) is 17.9 Å². The summed E-state index contributed by atoms with van der Waals surface area (Å²) in [4.78, 5) is 12.6. The molecule has 2 aromatic rings. The fraction of sp³-hybridized carbons (Fsp3) is 0.250. The quantitative estimate of drug-likeness (QED) is 0.904. The number of halogens is 1. The van der Waals surface area contributed by atoms with Gasteiger partial charge >= 0.3 is 5.97 Å². The lowest BCUT2D eigenvalue weighted by Crippen LogP contribution is -2.29. The molecule has 0 fully saturated rings. The van der Waals surface area contributed by atoms with Crippen LogP contribution < -0.4 is 4.90 Å². The third kappa shape index (κ3) is 3.45. The summed E-state index contributed by atoms with van der Waals surface area (Å²) < 4.78 is 4.61. The second-order valence-electron chi connectivity index (χ2n) is 4.03. The van der Waals surface area contributed by atoms with E-state index in [1.54, 1.807) is 36.1 Å². The van der Waals surface area contributed by atoms with E-state index in [2.05, 4.69) is 14.9 Å². The van der Waals surface area contributed by atoms with Gasteiger partial charge < -0.3 is 10.0 Å². The van der Waals surface area contributed by atoms with Crippen LogP contribution in [-0.2, 0) is 11.3 Å². The van der Waals surface area contributed by atoms with Crippen molar-refractivity contribution in [1.82, 2.24) is 10.3 Å². The molecule has 0 atom stereocenters. The minimum atomic E-state index is -0.936. The van der Waals surface area contributed by atoms with E-state index < -0.39 is 5.97 Å². The highest BCUT2D eigenvalue weighted by atomic mass is 35.5. The number of rotatable bonds is 5. The summed E-state index contributed by atoms with van der Waals surface area (Å²) in [5.74, 6) is -0.936. The molecule has 19 heavy (non-hydrogen) atoms. The summed E-state index contributed by atoms with van der Waals surface area (Å²) in [5, 5.41) is 17.0. The highest BCUT2D eigenvalue weighted by Gasteiger charge is 2.15. The number of nitrogens with zero attached hydrogens (tertiary/aromatic N) is 3. The van der Waals surface area contributed by atoms with Gasteiger partial charge in [-0.1, -0.05) is 28.0 Å². The van der Waals surface area contributed by atoms with Gasteiger partial charge in [0.05, 0.1) is 6.54 Å². The first-order valence-corrected chi connectivity index (χ1v) is 5.94. The standard InChI is InChI=1S/C12H12ClN3O3/c1-8-11(15-19-14-8)6-16(7-12(17)18)10-4-2-3-9(13)5-10/h2-5H,6-7H2,1H3,(H,17,18). The van der Waals surface area contributed by atoms with Crippen LogP contribution in [-0.4, -0.2) is 27.9 Å². The Hall–Kier alpha value is -2.08. The zero-order valence-electron chi connectivity index (χ0n) is 10.2. The van der Waals surface area contributed by atoms with Crippen LogP contribution in [0.1, 0.15) is 11.4 Å². The molecule has 0 unspecified atom stereocenters. The smallest absolute Gasteiger partial charge is 0.323 e. The maximum atomic E-state index is 10.9. The Labute approximate surface area is 114 Å². The molecule has 1 N–H and O–H groups in total. The zero-order valence-corrected chi connectivity index (χ0v) is 11.0. The fourth-order valence-corrected chi connectivity index (χ4v) is 1.83. The molecule has 0 aliphatic rings. The molecule has 0 saturated heterocycles. The number of aromatic nitrogens is 2. The SMILES string of the molecule is Cc1nonc1CN(CC(=O)O)c1cccc(Cl)c1. The molecule has 7 heteroatoms. The van der Waals surface area contributed by atoms with E-state index in [1.165, 1.54) is 0 Å². The Bertz CT molecular complexity index is 585. The van der Waals surface area contributed by atoms with Crippen LogP contribution in [0, 0.1) is 6.92 Å². The van der Waals surface area contributed by atoms with E-state index in [0.717, 1.165) is 0 Å².